The number of nitriles is 1. The molecule has 0 aliphatic carbocycles. The Labute approximate surface area is 90.0 Å². The lowest BCUT2D eigenvalue weighted by atomic mass is 10.1. The Morgan fingerprint density at radius 3 is 2.69 bits per heavy atom. The number of halogens is 2. The molecular weight excluding hydrogens is 212 g/mol. The molecule has 2 aromatic rings. The highest BCUT2D eigenvalue weighted by atomic mass is 19.1. The lowest BCUT2D eigenvalue weighted by molar-refractivity contribution is 0.611. The summed E-state index contributed by atoms with van der Waals surface area (Å²) in [6.07, 6.45) is 1.07. The van der Waals surface area contributed by atoms with Crippen molar-refractivity contribution in [3.8, 4) is 17.3 Å². The van der Waals surface area contributed by atoms with Crippen LogP contribution in [0.25, 0.3) is 11.3 Å². The molecule has 0 saturated carbocycles. The van der Waals surface area contributed by atoms with Gasteiger partial charge in [-0.25, -0.2) is 18.7 Å². The van der Waals surface area contributed by atoms with Crippen LogP contribution in [0.15, 0.2) is 30.6 Å². The van der Waals surface area contributed by atoms with Crippen molar-refractivity contribution in [3.63, 3.8) is 0 Å². The van der Waals surface area contributed by atoms with Gasteiger partial charge in [0, 0.05) is 5.56 Å². The minimum Gasteiger partial charge on any atom is -0.233 e. The van der Waals surface area contributed by atoms with Crippen molar-refractivity contribution >= 4 is 0 Å². The summed E-state index contributed by atoms with van der Waals surface area (Å²) in [5.41, 5.74) is -0.156. The van der Waals surface area contributed by atoms with Crippen molar-refractivity contribution in [1.82, 2.24) is 9.97 Å². The fourth-order valence-corrected chi connectivity index (χ4v) is 1.28. The van der Waals surface area contributed by atoms with Crippen LogP contribution in [-0.4, -0.2) is 9.97 Å². The van der Waals surface area contributed by atoms with Crippen LogP contribution >= 0.6 is 0 Å². The van der Waals surface area contributed by atoms with E-state index in [9.17, 15) is 8.78 Å². The molecule has 0 fully saturated rings. The molecule has 0 aliphatic rings. The molecule has 0 aliphatic heterocycles. The van der Waals surface area contributed by atoms with E-state index in [1.807, 2.05) is 0 Å². The summed E-state index contributed by atoms with van der Waals surface area (Å²) in [5.74, 6) is -1.33. The number of nitrogens with zero attached hydrogens (tertiary/aromatic N) is 3. The third-order valence-electron chi connectivity index (χ3n) is 1.99. The molecule has 0 saturated heterocycles. The van der Waals surface area contributed by atoms with Crippen molar-refractivity contribution < 1.29 is 8.78 Å². The van der Waals surface area contributed by atoms with Crippen LogP contribution in [0.5, 0.6) is 0 Å². The first-order chi connectivity index (χ1) is 7.72. The van der Waals surface area contributed by atoms with Gasteiger partial charge in [-0.3, -0.25) is 0 Å². The molecule has 0 spiro atoms. The second-order valence-electron chi connectivity index (χ2n) is 3.01. The average Bonchev–Trinajstić information content (AvgIpc) is 2.29. The predicted molar refractivity (Wildman–Crippen MR) is 52.1 cm³/mol. The first-order valence-electron chi connectivity index (χ1n) is 4.39. The van der Waals surface area contributed by atoms with E-state index in [2.05, 4.69) is 9.97 Å². The van der Waals surface area contributed by atoms with E-state index in [1.165, 1.54) is 18.2 Å². The minimum absolute atomic E-state index is 0.0777. The van der Waals surface area contributed by atoms with Gasteiger partial charge in [-0.15, -0.1) is 0 Å². The van der Waals surface area contributed by atoms with E-state index in [4.69, 9.17) is 5.26 Å². The Hall–Kier alpha value is -2.35. The van der Waals surface area contributed by atoms with E-state index >= 15 is 0 Å². The van der Waals surface area contributed by atoms with Crippen molar-refractivity contribution in [2.45, 2.75) is 0 Å². The van der Waals surface area contributed by atoms with Crippen LogP contribution in [0.1, 0.15) is 5.69 Å². The molecule has 0 radical (unpaired) electrons. The summed E-state index contributed by atoms with van der Waals surface area (Å²) in [6, 6.07) is 6.94. The maximum atomic E-state index is 13.6. The Morgan fingerprint density at radius 1 is 1.19 bits per heavy atom. The zero-order valence-corrected chi connectivity index (χ0v) is 7.98. The fourth-order valence-electron chi connectivity index (χ4n) is 1.28. The molecule has 5 heteroatoms. The molecule has 1 heterocycles. The first-order valence-corrected chi connectivity index (χ1v) is 4.39. The van der Waals surface area contributed by atoms with E-state index < -0.39 is 11.6 Å². The number of hydrogen-bond donors (Lipinski definition) is 0. The highest BCUT2D eigenvalue weighted by Gasteiger charge is 2.12. The molecule has 0 atom stereocenters. The lowest BCUT2D eigenvalue weighted by Gasteiger charge is -2.02. The third-order valence-corrected chi connectivity index (χ3v) is 1.99. The Kier molecular flexibility index (Phi) is 2.56. The van der Waals surface area contributed by atoms with Gasteiger partial charge in [-0.1, -0.05) is 12.1 Å². The number of hydrogen-bond acceptors (Lipinski definition) is 3. The number of aromatic nitrogens is 2. The Balaban J connectivity index is 2.62. The molecule has 16 heavy (non-hydrogen) atoms. The van der Waals surface area contributed by atoms with Crippen molar-refractivity contribution in [2.75, 3.05) is 0 Å². The number of benzene rings is 1. The third kappa shape index (κ3) is 1.73. The van der Waals surface area contributed by atoms with Gasteiger partial charge >= 0.3 is 0 Å². The van der Waals surface area contributed by atoms with Crippen molar-refractivity contribution in [2.24, 2.45) is 0 Å². The van der Waals surface area contributed by atoms with E-state index in [-0.39, 0.29) is 17.0 Å². The van der Waals surface area contributed by atoms with Gasteiger partial charge < -0.3 is 0 Å². The van der Waals surface area contributed by atoms with Gasteiger partial charge in [-0.2, -0.15) is 5.26 Å². The van der Waals surface area contributed by atoms with Crippen LogP contribution in [0.3, 0.4) is 0 Å². The monoisotopic (exact) mass is 217 g/mol. The molecule has 0 unspecified atom stereocenters. The zero-order valence-electron chi connectivity index (χ0n) is 7.98. The highest BCUT2D eigenvalue weighted by molar-refractivity contribution is 5.60. The molecule has 0 bridgehead atoms. The number of rotatable bonds is 1. The largest absolute Gasteiger partial charge is 0.233 e. The summed E-state index contributed by atoms with van der Waals surface area (Å²) in [5, 5.41) is 8.59. The molecule has 1 aromatic heterocycles. The van der Waals surface area contributed by atoms with Crippen LogP contribution < -0.4 is 0 Å². The standard InChI is InChI=1S/C11H5F2N3/c12-8-3-1-2-7(4-8)11-10(13)9(5-14)15-6-16-11/h1-4,6H. The smallest absolute Gasteiger partial charge is 0.185 e. The maximum absolute atomic E-state index is 13.6. The quantitative estimate of drug-likeness (QED) is 0.736. The summed E-state index contributed by atoms with van der Waals surface area (Å²) >= 11 is 0. The Bertz CT molecular complexity index is 576. The summed E-state index contributed by atoms with van der Waals surface area (Å²) < 4.78 is 26.6. The zero-order chi connectivity index (χ0) is 11.5. The van der Waals surface area contributed by atoms with Gasteiger partial charge in [0.2, 0.25) is 0 Å². The van der Waals surface area contributed by atoms with Crippen LogP contribution in [-0.2, 0) is 0 Å². The van der Waals surface area contributed by atoms with Crippen molar-refractivity contribution in [3.05, 3.63) is 47.9 Å². The van der Waals surface area contributed by atoms with Crippen LogP contribution in [0, 0.1) is 23.0 Å². The maximum Gasteiger partial charge on any atom is 0.185 e. The van der Waals surface area contributed by atoms with Gasteiger partial charge in [0.15, 0.2) is 11.5 Å². The summed E-state index contributed by atoms with van der Waals surface area (Å²) in [7, 11) is 0. The predicted octanol–water partition coefficient (Wildman–Crippen LogP) is 2.29. The van der Waals surface area contributed by atoms with E-state index in [0.717, 1.165) is 12.4 Å². The molecule has 1 aromatic carbocycles. The van der Waals surface area contributed by atoms with Gasteiger partial charge in [0.05, 0.1) is 0 Å². The van der Waals surface area contributed by atoms with Crippen LogP contribution in [0.2, 0.25) is 0 Å². The second-order valence-corrected chi connectivity index (χ2v) is 3.01. The fraction of sp³-hybridized carbons (Fsp3) is 0. The molecule has 78 valence electrons. The minimum atomic E-state index is -0.837. The van der Waals surface area contributed by atoms with E-state index in [1.54, 1.807) is 6.07 Å². The van der Waals surface area contributed by atoms with Gasteiger partial charge in [0.1, 0.15) is 23.9 Å². The molecule has 2 rings (SSSR count). The summed E-state index contributed by atoms with van der Waals surface area (Å²) in [6.45, 7) is 0. The molecule has 3 nitrogen and oxygen atoms in total. The highest BCUT2D eigenvalue weighted by Crippen LogP contribution is 2.21. The average molecular weight is 217 g/mol. The molecule has 0 amide bonds. The second kappa shape index (κ2) is 4.03. The first kappa shape index (κ1) is 10.2. The Morgan fingerprint density at radius 2 is 2.00 bits per heavy atom. The molecular formula is C11H5F2N3. The van der Waals surface area contributed by atoms with E-state index in [0.29, 0.717) is 0 Å². The van der Waals surface area contributed by atoms with Crippen molar-refractivity contribution in [1.29, 1.82) is 5.26 Å². The van der Waals surface area contributed by atoms with Crippen LogP contribution in [0.4, 0.5) is 8.78 Å². The SMILES string of the molecule is N#Cc1ncnc(-c2cccc(F)c2)c1F. The normalized spacial score (nSPS) is 9.81. The summed E-state index contributed by atoms with van der Waals surface area (Å²) in [4.78, 5) is 7.16. The van der Waals surface area contributed by atoms with Gasteiger partial charge in [-0.05, 0) is 12.1 Å². The topological polar surface area (TPSA) is 49.6 Å². The van der Waals surface area contributed by atoms with Gasteiger partial charge in [0.25, 0.3) is 0 Å². The lowest BCUT2D eigenvalue weighted by Crippen LogP contribution is -1.96. The molecule has 0 N–H and O–H groups in total.